The minimum Gasteiger partial charge on any atom is -0.347 e. The molecule has 1 aliphatic rings. The van der Waals surface area contributed by atoms with Crippen LogP contribution in [0, 0.1) is 32.5 Å². The number of aromatic nitrogens is 3. The summed E-state index contributed by atoms with van der Waals surface area (Å²) in [4.78, 5) is 14.7. The first kappa shape index (κ1) is 19.6. The molecular formula is C21H24FN5OS. The van der Waals surface area contributed by atoms with Crippen LogP contribution in [0.4, 0.5) is 15.2 Å². The summed E-state index contributed by atoms with van der Waals surface area (Å²) in [5, 5.41) is 13.3. The van der Waals surface area contributed by atoms with Gasteiger partial charge in [0.05, 0.1) is 0 Å². The van der Waals surface area contributed by atoms with Crippen LogP contribution in [0.3, 0.4) is 0 Å². The number of nitrogens with zero attached hydrogens (tertiary/aromatic N) is 4. The Morgan fingerprint density at radius 1 is 1.07 bits per heavy atom. The zero-order valence-corrected chi connectivity index (χ0v) is 17.6. The second kappa shape index (κ2) is 7.94. The highest BCUT2D eigenvalue weighted by atomic mass is 32.1. The van der Waals surface area contributed by atoms with Gasteiger partial charge in [0.1, 0.15) is 5.82 Å². The first-order valence-electron chi connectivity index (χ1n) is 9.73. The zero-order chi connectivity index (χ0) is 20.5. The number of halogens is 1. The van der Waals surface area contributed by atoms with E-state index in [1.165, 1.54) is 6.07 Å². The Morgan fingerprint density at radius 2 is 1.72 bits per heavy atom. The number of aryl methyl sites for hydroxylation is 3. The van der Waals surface area contributed by atoms with Crippen molar-refractivity contribution in [2.24, 2.45) is 5.92 Å². The van der Waals surface area contributed by atoms with Crippen LogP contribution in [0.2, 0.25) is 0 Å². The average Bonchev–Trinajstić information content (AvgIpc) is 3.31. The number of rotatable bonds is 4. The summed E-state index contributed by atoms with van der Waals surface area (Å²) in [6.45, 7) is 7.31. The Hall–Kier alpha value is -2.74. The van der Waals surface area contributed by atoms with Crippen molar-refractivity contribution < 1.29 is 9.18 Å². The second-order valence-corrected chi connectivity index (χ2v) is 8.47. The first-order valence-corrected chi connectivity index (χ1v) is 10.5. The van der Waals surface area contributed by atoms with E-state index < -0.39 is 0 Å². The van der Waals surface area contributed by atoms with E-state index in [4.69, 9.17) is 0 Å². The van der Waals surface area contributed by atoms with Crippen LogP contribution in [-0.2, 0) is 4.79 Å². The van der Waals surface area contributed by atoms with Crippen molar-refractivity contribution in [3.8, 4) is 5.13 Å². The molecule has 1 aromatic carbocycles. The van der Waals surface area contributed by atoms with Gasteiger partial charge in [-0.15, -0.1) is 10.2 Å². The Morgan fingerprint density at radius 3 is 2.38 bits per heavy atom. The highest BCUT2D eigenvalue weighted by Gasteiger charge is 2.27. The molecule has 2 aromatic heterocycles. The number of anilines is 2. The van der Waals surface area contributed by atoms with E-state index in [2.05, 4.69) is 51.0 Å². The summed E-state index contributed by atoms with van der Waals surface area (Å²) in [7, 11) is 0. The fourth-order valence-electron chi connectivity index (χ4n) is 3.64. The third-order valence-electron chi connectivity index (χ3n) is 5.44. The second-order valence-electron chi connectivity index (χ2n) is 7.53. The number of piperidine rings is 1. The molecule has 29 heavy (non-hydrogen) atoms. The number of hydrogen-bond donors (Lipinski definition) is 1. The summed E-state index contributed by atoms with van der Waals surface area (Å²) < 4.78 is 15.8. The fraction of sp³-hybridized carbons (Fsp3) is 0.381. The summed E-state index contributed by atoms with van der Waals surface area (Å²) >= 11 is 1.57. The summed E-state index contributed by atoms with van der Waals surface area (Å²) in [5.41, 5.74) is 3.34. The molecule has 0 radical (unpaired) electrons. The lowest BCUT2D eigenvalue weighted by Crippen LogP contribution is -2.38. The molecule has 3 heterocycles. The normalized spacial score (nSPS) is 15.0. The van der Waals surface area contributed by atoms with Crippen molar-refractivity contribution in [2.45, 2.75) is 33.6 Å². The van der Waals surface area contributed by atoms with Crippen LogP contribution in [0.25, 0.3) is 5.13 Å². The monoisotopic (exact) mass is 413 g/mol. The van der Waals surface area contributed by atoms with Crippen LogP contribution in [0.1, 0.15) is 29.8 Å². The molecule has 0 aliphatic carbocycles. The maximum atomic E-state index is 13.7. The van der Waals surface area contributed by atoms with E-state index in [-0.39, 0.29) is 17.6 Å². The minimum absolute atomic E-state index is 0.0514. The van der Waals surface area contributed by atoms with E-state index in [0.717, 1.165) is 47.6 Å². The van der Waals surface area contributed by atoms with Gasteiger partial charge in [-0.1, -0.05) is 17.4 Å². The predicted octanol–water partition coefficient (Wildman–Crippen LogP) is 4.25. The third-order valence-corrected chi connectivity index (χ3v) is 6.41. The molecular weight excluding hydrogens is 389 g/mol. The van der Waals surface area contributed by atoms with Gasteiger partial charge < -0.3 is 10.2 Å². The standard InChI is InChI=1S/C21H24FN5OS/c1-13-4-7-17(12-18(13)22)23-19(28)16-8-10-26(11-9-16)20-24-25-21(29-20)27-14(2)5-6-15(27)3/h4-7,12,16H,8-11H2,1-3H3,(H,23,28). The van der Waals surface area contributed by atoms with Crippen LogP contribution >= 0.6 is 11.3 Å². The number of amides is 1. The zero-order valence-electron chi connectivity index (χ0n) is 16.8. The van der Waals surface area contributed by atoms with Gasteiger partial charge in [0.2, 0.25) is 16.2 Å². The number of hydrogen-bond acceptors (Lipinski definition) is 5. The quantitative estimate of drug-likeness (QED) is 0.695. The van der Waals surface area contributed by atoms with E-state index >= 15 is 0 Å². The van der Waals surface area contributed by atoms with Gasteiger partial charge in [0.25, 0.3) is 0 Å². The Balaban J connectivity index is 1.37. The van der Waals surface area contributed by atoms with Crippen molar-refractivity contribution >= 4 is 28.1 Å². The molecule has 1 N–H and O–H groups in total. The first-order chi connectivity index (χ1) is 13.9. The van der Waals surface area contributed by atoms with Crippen LogP contribution in [0.15, 0.2) is 30.3 Å². The van der Waals surface area contributed by atoms with Gasteiger partial charge in [-0.25, -0.2) is 4.39 Å². The van der Waals surface area contributed by atoms with Crippen LogP contribution < -0.4 is 10.2 Å². The highest BCUT2D eigenvalue weighted by molar-refractivity contribution is 7.17. The molecule has 3 aromatic rings. The summed E-state index contributed by atoms with van der Waals surface area (Å²) in [6, 6.07) is 8.92. The summed E-state index contributed by atoms with van der Waals surface area (Å²) in [6.07, 6.45) is 1.47. The van der Waals surface area contributed by atoms with Gasteiger partial charge in [-0.05, 0) is 63.4 Å². The van der Waals surface area contributed by atoms with Crippen molar-refractivity contribution in [1.29, 1.82) is 0 Å². The van der Waals surface area contributed by atoms with Crippen molar-refractivity contribution in [1.82, 2.24) is 14.8 Å². The molecule has 0 saturated carbocycles. The minimum atomic E-state index is -0.308. The topological polar surface area (TPSA) is 63.1 Å². The van der Waals surface area contributed by atoms with E-state index in [1.807, 2.05) is 0 Å². The molecule has 0 atom stereocenters. The van der Waals surface area contributed by atoms with Crippen molar-refractivity contribution in [3.05, 3.63) is 53.1 Å². The number of carbonyl (C=O) groups excluding carboxylic acids is 1. The number of nitrogens with one attached hydrogen (secondary N) is 1. The van der Waals surface area contributed by atoms with E-state index in [9.17, 15) is 9.18 Å². The largest absolute Gasteiger partial charge is 0.347 e. The number of carbonyl (C=O) groups is 1. The lowest BCUT2D eigenvalue weighted by Gasteiger charge is -2.30. The maximum absolute atomic E-state index is 13.7. The predicted molar refractivity (Wildman–Crippen MR) is 113 cm³/mol. The highest BCUT2D eigenvalue weighted by Crippen LogP contribution is 2.29. The van der Waals surface area contributed by atoms with Crippen molar-refractivity contribution in [3.63, 3.8) is 0 Å². The Bertz CT molecular complexity index is 1020. The average molecular weight is 414 g/mol. The molecule has 1 aliphatic heterocycles. The van der Waals surface area contributed by atoms with Crippen LogP contribution in [-0.4, -0.2) is 33.8 Å². The molecule has 0 spiro atoms. The van der Waals surface area contributed by atoms with Gasteiger partial charge in [0, 0.05) is 36.1 Å². The summed E-state index contributed by atoms with van der Waals surface area (Å²) in [5.74, 6) is -0.445. The molecule has 1 saturated heterocycles. The molecule has 1 amide bonds. The maximum Gasteiger partial charge on any atom is 0.227 e. The Kier molecular flexibility index (Phi) is 5.36. The van der Waals surface area contributed by atoms with E-state index in [0.29, 0.717) is 11.3 Å². The Labute approximate surface area is 173 Å². The molecule has 1 fully saturated rings. The molecule has 6 nitrogen and oxygen atoms in total. The van der Waals surface area contributed by atoms with Gasteiger partial charge in [-0.3, -0.25) is 9.36 Å². The molecule has 0 bridgehead atoms. The molecule has 0 unspecified atom stereocenters. The molecule has 4 rings (SSSR count). The SMILES string of the molecule is Cc1ccc(NC(=O)C2CCN(c3nnc(-n4c(C)ccc4C)s3)CC2)cc1F. The molecule has 152 valence electrons. The fourth-order valence-corrected chi connectivity index (χ4v) is 4.66. The molecule has 8 heteroatoms. The van der Waals surface area contributed by atoms with Crippen molar-refractivity contribution in [2.75, 3.05) is 23.3 Å². The third kappa shape index (κ3) is 4.03. The van der Waals surface area contributed by atoms with E-state index in [1.54, 1.807) is 30.4 Å². The van der Waals surface area contributed by atoms with Gasteiger partial charge >= 0.3 is 0 Å². The number of benzene rings is 1. The smallest absolute Gasteiger partial charge is 0.227 e. The lowest BCUT2D eigenvalue weighted by atomic mass is 9.96. The van der Waals surface area contributed by atoms with Gasteiger partial charge in [-0.2, -0.15) is 0 Å². The van der Waals surface area contributed by atoms with Gasteiger partial charge in [0.15, 0.2) is 0 Å². The van der Waals surface area contributed by atoms with Crippen LogP contribution in [0.5, 0.6) is 0 Å². The lowest BCUT2D eigenvalue weighted by molar-refractivity contribution is -0.120.